The second-order valence-corrected chi connectivity index (χ2v) is 2.90. The molecule has 2 atom stereocenters. The number of imidazole rings is 1. The van der Waals surface area contributed by atoms with E-state index in [0.29, 0.717) is 5.92 Å². The van der Waals surface area contributed by atoms with E-state index in [0.717, 1.165) is 18.9 Å². The third kappa shape index (κ3) is 1.15. The molecule has 0 spiro atoms. The fourth-order valence-electron chi connectivity index (χ4n) is 1.48. The van der Waals surface area contributed by atoms with Crippen LogP contribution in [0.2, 0.25) is 0 Å². The molecule has 1 fully saturated rings. The van der Waals surface area contributed by atoms with Gasteiger partial charge >= 0.3 is 0 Å². The highest BCUT2D eigenvalue weighted by atomic mass is 15.0. The van der Waals surface area contributed by atoms with Crippen molar-refractivity contribution in [3.05, 3.63) is 18.2 Å². The maximum Gasteiger partial charge on any atom is 0.112 e. The van der Waals surface area contributed by atoms with Gasteiger partial charge in [-0.1, -0.05) is 0 Å². The molecule has 1 aromatic rings. The summed E-state index contributed by atoms with van der Waals surface area (Å²) in [4.78, 5) is 7.25. The van der Waals surface area contributed by atoms with Crippen LogP contribution >= 0.6 is 0 Å². The van der Waals surface area contributed by atoms with E-state index >= 15 is 0 Å². The van der Waals surface area contributed by atoms with Gasteiger partial charge in [0.05, 0.1) is 0 Å². The summed E-state index contributed by atoms with van der Waals surface area (Å²) in [5.74, 6) is 1.37. The predicted octanol–water partition coefficient (Wildman–Crippen LogP) is -0.576. The zero-order chi connectivity index (χ0) is 7.68. The summed E-state index contributed by atoms with van der Waals surface area (Å²) in [6, 6.07) is 0.209. The van der Waals surface area contributed by atoms with Crippen LogP contribution in [0.1, 0.15) is 11.7 Å². The summed E-state index contributed by atoms with van der Waals surface area (Å²) in [5, 5.41) is 3.23. The van der Waals surface area contributed by atoms with E-state index in [1.807, 2.05) is 6.20 Å². The van der Waals surface area contributed by atoms with Gasteiger partial charge in [0.2, 0.25) is 0 Å². The van der Waals surface area contributed by atoms with Crippen molar-refractivity contribution in [3.8, 4) is 0 Å². The zero-order valence-electron chi connectivity index (χ0n) is 6.25. The van der Waals surface area contributed by atoms with Crippen molar-refractivity contribution < 1.29 is 0 Å². The monoisotopic (exact) mass is 152 g/mol. The molecule has 0 saturated carbocycles. The molecule has 1 aromatic heterocycles. The van der Waals surface area contributed by atoms with Crippen LogP contribution in [0, 0.1) is 0 Å². The average molecular weight is 152 g/mol. The molecule has 2 heterocycles. The maximum atomic E-state index is 5.85. The Morgan fingerprint density at radius 1 is 1.55 bits per heavy atom. The normalized spacial score (nSPS) is 31.0. The van der Waals surface area contributed by atoms with Gasteiger partial charge < -0.3 is 16.0 Å². The molecule has 4 heteroatoms. The number of aromatic nitrogens is 2. The second-order valence-electron chi connectivity index (χ2n) is 2.90. The number of nitrogens with zero attached hydrogens (tertiary/aromatic N) is 1. The molecule has 11 heavy (non-hydrogen) atoms. The van der Waals surface area contributed by atoms with Crippen molar-refractivity contribution in [1.29, 1.82) is 0 Å². The van der Waals surface area contributed by atoms with Crippen molar-refractivity contribution in [2.75, 3.05) is 13.1 Å². The lowest BCUT2D eigenvalue weighted by atomic mass is 10.0. The van der Waals surface area contributed by atoms with Gasteiger partial charge in [-0.25, -0.2) is 4.98 Å². The number of nitrogens with two attached hydrogens (primary N) is 1. The highest BCUT2D eigenvalue weighted by Gasteiger charge is 2.26. The van der Waals surface area contributed by atoms with E-state index in [1.54, 1.807) is 6.20 Å². The van der Waals surface area contributed by atoms with E-state index in [-0.39, 0.29) is 6.04 Å². The van der Waals surface area contributed by atoms with Crippen LogP contribution < -0.4 is 11.1 Å². The van der Waals surface area contributed by atoms with Crippen molar-refractivity contribution in [1.82, 2.24) is 15.3 Å². The fraction of sp³-hybridized carbons (Fsp3) is 0.571. The first-order valence-corrected chi connectivity index (χ1v) is 3.83. The number of hydrogen-bond donors (Lipinski definition) is 3. The molecular weight excluding hydrogens is 140 g/mol. The molecular formula is C7H12N4. The summed E-state index contributed by atoms with van der Waals surface area (Å²) < 4.78 is 0. The minimum Gasteiger partial charge on any atom is -0.348 e. The number of hydrogen-bond acceptors (Lipinski definition) is 3. The van der Waals surface area contributed by atoms with Crippen molar-refractivity contribution >= 4 is 0 Å². The van der Waals surface area contributed by atoms with Crippen LogP contribution in [0.5, 0.6) is 0 Å². The Kier molecular flexibility index (Phi) is 1.63. The Morgan fingerprint density at radius 3 is 3.00 bits per heavy atom. The van der Waals surface area contributed by atoms with Gasteiger partial charge in [-0.15, -0.1) is 0 Å². The van der Waals surface area contributed by atoms with Crippen LogP contribution in [0.25, 0.3) is 0 Å². The lowest BCUT2D eigenvalue weighted by Crippen LogP contribution is -2.28. The first-order valence-electron chi connectivity index (χ1n) is 3.83. The molecule has 60 valence electrons. The van der Waals surface area contributed by atoms with Crippen molar-refractivity contribution in [3.63, 3.8) is 0 Å². The predicted molar refractivity (Wildman–Crippen MR) is 42.2 cm³/mol. The minimum absolute atomic E-state index is 0.209. The summed E-state index contributed by atoms with van der Waals surface area (Å²) in [7, 11) is 0. The third-order valence-corrected chi connectivity index (χ3v) is 2.13. The first-order chi connectivity index (χ1) is 5.38. The Hall–Kier alpha value is -0.870. The SMILES string of the molecule is NC1CNCC1c1ncc[nH]1. The molecule has 0 aliphatic carbocycles. The van der Waals surface area contributed by atoms with Gasteiger partial charge in [0.25, 0.3) is 0 Å². The van der Waals surface area contributed by atoms with Crippen molar-refractivity contribution in [2.45, 2.75) is 12.0 Å². The quantitative estimate of drug-likeness (QED) is 0.504. The van der Waals surface area contributed by atoms with Crippen LogP contribution in [0.15, 0.2) is 12.4 Å². The molecule has 1 saturated heterocycles. The molecule has 4 N–H and O–H groups in total. The molecule has 2 rings (SSSR count). The second kappa shape index (κ2) is 2.64. The van der Waals surface area contributed by atoms with E-state index in [9.17, 15) is 0 Å². The van der Waals surface area contributed by atoms with E-state index in [2.05, 4.69) is 15.3 Å². The topological polar surface area (TPSA) is 66.7 Å². The number of rotatable bonds is 1. The van der Waals surface area contributed by atoms with Crippen LogP contribution in [0.3, 0.4) is 0 Å². The summed E-state index contributed by atoms with van der Waals surface area (Å²) >= 11 is 0. The van der Waals surface area contributed by atoms with Crippen molar-refractivity contribution in [2.24, 2.45) is 5.73 Å². The Balaban J connectivity index is 2.16. The number of aromatic amines is 1. The van der Waals surface area contributed by atoms with Crippen LogP contribution in [-0.2, 0) is 0 Å². The van der Waals surface area contributed by atoms with Gasteiger partial charge in [-0.3, -0.25) is 0 Å². The Bertz CT molecular complexity index is 218. The molecule has 1 aliphatic heterocycles. The standard InChI is InChI=1S/C7H12N4/c8-6-4-9-3-5(6)7-10-1-2-11-7/h1-2,5-6,9H,3-4,8H2,(H,10,11). The van der Waals surface area contributed by atoms with Gasteiger partial charge in [-0.05, 0) is 0 Å². The average Bonchev–Trinajstić information content (AvgIpc) is 2.55. The van der Waals surface area contributed by atoms with Crippen LogP contribution in [-0.4, -0.2) is 29.1 Å². The van der Waals surface area contributed by atoms with Gasteiger partial charge in [0, 0.05) is 37.4 Å². The minimum atomic E-state index is 0.209. The maximum absolute atomic E-state index is 5.85. The zero-order valence-corrected chi connectivity index (χ0v) is 6.25. The Labute approximate surface area is 65.2 Å². The first kappa shape index (κ1) is 6.82. The van der Waals surface area contributed by atoms with E-state index in [4.69, 9.17) is 5.73 Å². The number of nitrogens with one attached hydrogen (secondary N) is 2. The van der Waals surface area contributed by atoms with Gasteiger partial charge in [0.1, 0.15) is 5.82 Å². The van der Waals surface area contributed by atoms with E-state index in [1.165, 1.54) is 0 Å². The summed E-state index contributed by atoms with van der Waals surface area (Å²) in [6.45, 7) is 1.83. The summed E-state index contributed by atoms with van der Waals surface area (Å²) in [5.41, 5.74) is 5.85. The molecule has 0 amide bonds. The molecule has 0 radical (unpaired) electrons. The molecule has 1 aliphatic rings. The third-order valence-electron chi connectivity index (χ3n) is 2.13. The fourth-order valence-corrected chi connectivity index (χ4v) is 1.48. The molecule has 2 unspecified atom stereocenters. The smallest absolute Gasteiger partial charge is 0.112 e. The van der Waals surface area contributed by atoms with E-state index < -0.39 is 0 Å². The number of H-pyrrole nitrogens is 1. The van der Waals surface area contributed by atoms with Gasteiger partial charge in [0.15, 0.2) is 0 Å². The lowest BCUT2D eigenvalue weighted by molar-refractivity contribution is 0.624. The van der Waals surface area contributed by atoms with Crippen LogP contribution in [0.4, 0.5) is 0 Å². The largest absolute Gasteiger partial charge is 0.348 e. The molecule has 0 bridgehead atoms. The molecule has 4 nitrogen and oxygen atoms in total. The van der Waals surface area contributed by atoms with Gasteiger partial charge in [-0.2, -0.15) is 0 Å². The Morgan fingerprint density at radius 2 is 2.45 bits per heavy atom. The highest BCUT2D eigenvalue weighted by molar-refractivity contribution is 5.06. The lowest BCUT2D eigenvalue weighted by Gasteiger charge is -2.09. The summed E-state index contributed by atoms with van der Waals surface area (Å²) in [6.07, 6.45) is 3.60. The highest BCUT2D eigenvalue weighted by Crippen LogP contribution is 2.16. The molecule has 0 aromatic carbocycles.